The number of nitrogens with one attached hydrogen (secondary N) is 3. The molecule has 3 heterocycles. The van der Waals surface area contributed by atoms with Crippen LogP contribution in [0.5, 0.6) is 11.5 Å². The lowest BCUT2D eigenvalue weighted by atomic mass is 10.1. The number of halogens is 2. The lowest BCUT2D eigenvalue weighted by Crippen LogP contribution is -2.30. The molecule has 6 aromatic rings. The molecule has 0 spiro atoms. The predicted molar refractivity (Wildman–Crippen MR) is 143 cm³/mol. The summed E-state index contributed by atoms with van der Waals surface area (Å²) in [7, 11) is 0. The number of ether oxygens (including phenoxy) is 1. The fraction of sp³-hybridized carbons (Fsp3) is 0.0357. The van der Waals surface area contributed by atoms with Crippen LogP contribution in [0, 0.1) is 18.6 Å². The van der Waals surface area contributed by atoms with Gasteiger partial charge in [0.05, 0.1) is 29.3 Å². The van der Waals surface area contributed by atoms with Crippen LogP contribution in [-0.2, 0) is 0 Å². The molecule has 3 aromatic carbocycles. The van der Waals surface area contributed by atoms with E-state index in [2.05, 4.69) is 30.8 Å². The number of aromatic nitrogens is 6. The van der Waals surface area contributed by atoms with Gasteiger partial charge in [-0.15, -0.1) is 0 Å². The second kappa shape index (κ2) is 9.91. The van der Waals surface area contributed by atoms with Crippen LogP contribution < -0.4 is 15.6 Å². The van der Waals surface area contributed by atoms with Gasteiger partial charge in [-0.3, -0.25) is 19.8 Å². The maximum absolute atomic E-state index is 15.2. The Morgan fingerprint density at radius 3 is 2.55 bits per heavy atom. The van der Waals surface area contributed by atoms with Crippen LogP contribution in [0.15, 0.2) is 84.0 Å². The maximum atomic E-state index is 15.2. The minimum absolute atomic E-state index is 0.0796. The van der Waals surface area contributed by atoms with Crippen LogP contribution in [-0.4, -0.2) is 36.1 Å². The first kappa shape index (κ1) is 24.7. The van der Waals surface area contributed by atoms with E-state index in [-0.39, 0.29) is 17.0 Å². The number of carbonyl (C=O) groups excluding carboxylic acids is 1. The van der Waals surface area contributed by atoms with E-state index in [1.54, 1.807) is 31.6 Å². The monoisotopic (exact) mass is 539 g/mol. The normalized spacial score (nSPS) is 11.1. The summed E-state index contributed by atoms with van der Waals surface area (Å²) >= 11 is 0. The molecule has 0 saturated carbocycles. The van der Waals surface area contributed by atoms with Crippen molar-refractivity contribution in [1.82, 2.24) is 30.2 Å². The average Bonchev–Trinajstić information content (AvgIpc) is 3.63. The third-order valence-electron chi connectivity index (χ3n) is 6.11. The van der Waals surface area contributed by atoms with Crippen LogP contribution in [0.1, 0.15) is 16.1 Å². The molecule has 3 N–H and O–H groups in total. The Labute approximate surface area is 224 Å². The Bertz CT molecular complexity index is 1930. The van der Waals surface area contributed by atoms with E-state index in [0.29, 0.717) is 22.7 Å². The van der Waals surface area contributed by atoms with Crippen LogP contribution >= 0.6 is 0 Å². The predicted octanol–water partition coefficient (Wildman–Crippen LogP) is 5.13. The summed E-state index contributed by atoms with van der Waals surface area (Å²) in [6.07, 6.45) is 4.93. The highest BCUT2D eigenvalue weighted by Crippen LogP contribution is 2.37. The molecule has 0 radical (unpaired) electrons. The van der Waals surface area contributed by atoms with Crippen molar-refractivity contribution in [3.8, 4) is 28.3 Å². The third kappa shape index (κ3) is 4.69. The minimum atomic E-state index is -0.757. The van der Waals surface area contributed by atoms with Crippen molar-refractivity contribution in [2.75, 3.05) is 5.32 Å². The summed E-state index contributed by atoms with van der Waals surface area (Å²) in [5.74, 6) is -1.68. The molecule has 40 heavy (non-hydrogen) atoms. The molecule has 0 bridgehead atoms. The molecule has 0 aliphatic rings. The number of benzene rings is 3. The second-order valence-corrected chi connectivity index (χ2v) is 8.89. The summed E-state index contributed by atoms with van der Waals surface area (Å²) in [6.45, 7) is 1.61. The van der Waals surface area contributed by atoms with Gasteiger partial charge in [0.1, 0.15) is 17.1 Å². The third-order valence-corrected chi connectivity index (χ3v) is 6.11. The highest BCUT2D eigenvalue weighted by Gasteiger charge is 2.18. The van der Waals surface area contributed by atoms with E-state index in [9.17, 15) is 14.0 Å². The number of hydrogen-bond acceptors (Lipinski definition) is 6. The number of nitrogens with zero attached hydrogens (tertiary/aromatic N) is 4. The van der Waals surface area contributed by atoms with E-state index in [1.165, 1.54) is 42.5 Å². The second-order valence-electron chi connectivity index (χ2n) is 8.89. The summed E-state index contributed by atoms with van der Waals surface area (Å²) in [5, 5.41) is 21.1. The van der Waals surface area contributed by atoms with Crippen molar-refractivity contribution in [2.45, 2.75) is 6.92 Å². The van der Waals surface area contributed by atoms with E-state index >= 15 is 4.39 Å². The summed E-state index contributed by atoms with van der Waals surface area (Å²) in [4.78, 5) is 26.0. The fourth-order valence-electron chi connectivity index (χ4n) is 4.19. The van der Waals surface area contributed by atoms with Gasteiger partial charge in [0.15, 0.2) is 11.6 Å². The van der Waals surface area contributed by atoms with E-state index in [0.717, 1.165) is 27.2 Å². The smallest absolute Gasteiger partial charge is 0.284 e. The molecule has 10 nitrogen and oxygen atoms in total. The fourth-order valence-corrected chi connectivity index (χ4v) is 4.19. The summed E-state index contributed by atoms with van der Waals surface area (Å²) in [5.41, 5.74) is 2.02. The zero-order chi connectivity index (χ0) is 27.8. The van der Waals surface area contributed by atoms with Gasteiger partial charge in [0, 0.05) is 34.5 Å². The number of fused-ring (bicyclic) bond motifs is 1. The number of rotatable bonds is 6. The Balaban J connectivity index is 1.27. The van der Waals surface area contributed by atoms with Gasteiger partial charge in [0.2, 0.25) is 0 Å². The van der Waals surface area contributed by atoms with Gasteiger partial charge in [0.25, 0.3) is 11.5 Å². The SMILES string of the molecule is Cc1cc(C(=O)Nc2ccc(Oc3cc4cn[nH]c4cc3-c3cn[nH]c3)c(F)c2)c(=O)n(-c2ccc(F)cc2)n1. The highest BCUT2D eigenvalue weighted by atomic mass is 19.1. The molecule has 12 heteroatoms. The number of anilines is 1. The largest absolute Gasteiger partial charge is 0.454 e. The van der Waals surface area contributed by atoms with Crippen molar-refractivity contribution >= 4 is 22.5 Å². The van der Waals surface area contributed by atoms with E-state index in [1.807, 2.05) is 6.07 Å². The van der Waals surface area contributed by atoms with Crippen LogP contribution in [0.25, 0.3) is 27.7 Å². The number of aryl methyl sites for hydroxylation is 1. The number of aromatic amines is 2. The van der Waals surface area contributed by atoms with Gasteiger partial charge in [-0.1, -0.05) is 0 Å². The van der Waals surface area contributed by atoms with Gasteiger partial charge >= 0.3 is 0 Å². The van der Waals surface area contributed by atoms with Gasteiger partial charge in [-0.05, 0) is 61.5 Å². The highest BCUT2D eigenvalue weighted by molar-refractivity contribution is 6.04. The molecule has 0 fully saturated rings. The first-order chi connectivity index (χ1) is 19.4. The summed E-state index contributed by atoms with van der Waals surface area (Å²) in [6, 6.07) is 13.9. The van der Waals surface area contributed by atoms with Crippen molar-refractivity contribution < 1.29 is 18.3 Å². The number of carbonyl (C=O) groups is 1. The van der Waals surface area contributed by atoms with Crippen molar-refractivity contribution in [3.63, 3.8) is 0 Å². The van der Waals surface area contributed by atoms with Crippen molar-refractivity contribution in [1.29, 1.82) is 0 Å². The molecule has 6 rings (SSSR count). The number of H-pyrrole nitrogens is 2. The Kier molecular flexibility index (Phi) is 6.11. The molecule has 0 saturated heterocycles. The van der Waals surface area contributed by atoms with Crippen LogP contribution in [0.3, 0.4) is 0 Å². The lowest BCUT2D eigenvalue weighted by Gasteiger charge is -2.13. The Morgan fingerprint density at radius 2 is 1.80 bits per heavy atom. The number of amides is 1. The molecule has 198 valence electrons. The quantitative estimate of drug-likeness (QED) is 0.269. The topological polar surface area (TPSA) is 131 Å². The molecule has 1 amide bonds. The Morgan fingerprint density at radius 1 is 0.975 bits per heavy atom. The Hall–Kier alpha value is -5.65. The van der Waals surface area contributed by atoms with Crippen LogP contribution in [0.2, 0.25) is 0 Å². The maximum Gasteiger partial charge on any atom is 0.284 e. The molecule has 0 unspecified atom stereocenters. The van der Waals surface area contributed by atoms with Gasteiger partial charge in [-0.2, -0.15) is 20.0 Å². The zero-order valence-corrected chi connectivity index (χ0v) is 20.8. The van der Waals surface area contributed by atoms with E-state index < -0.39 is 23.1 Å². The molecular weight excluding hydrogens is 520 g/mol. The molecule has 3 aromatic heterocycles. The van der Waals surface area contributed by atoms with Crippen LogP contribution in [0.4, 0.5) is 14.5 Å². The van der Waals surface area contributed by atoms with E-state index in [4.69, 9.17) is 4.74 Å². The molecule has 0 aliphatic carbocycles. The first-order valence-corrected chi connectivity index (χ1v) is 12.0. The standard InChI is InChI=1S/C28H19F2N7O3/c1-15-8-22(28(39)37(36-15)20-5-2-18(29)3-6-20)27(38)34-19-4-7-25(23(30)10-19)40-26-9-16-12-33-35-24(16)11-21(26)17-13-31-32-14-17/h2-14H,1H3,(H,31,32)(H,33,35)(H,34,38). The first-order valence-electron chi connectivity index (χ1n) is 12.0. The average molecular weight is 540 g/mol. The zero-order valence-electron chi connectivity index (χ0n) is 20.8. The summed E-state index contributed by atoms with van der Waals surface area (Å²) < 4.78 is 35.4. The minimum Gasteiger partial charge on any atom is -0.454 e. The van der Waals surface area contributed by atoms with Crippen molar-refractivity contribution in [3.05, 3.63) is 112 Å². The van der Waals surface area contributed by atoms with Gasteiger partial charge in [-0.25, -0.2) is 8.78 Å². The van der Waals surface area contributed by atoms with Crippen molar-refractivity contribution in [2.24, 2.45) is 0 Å². The number of hydrogen-bond donors (Lipinski definition) is 3. The molecule has 0 atom stereocenters. The molecular formula is C28H19F2N7O3. The lowest BCUT2D eigenvalue weighted by molar-refractivity contribution is 0.102. The van der Waals surface area contributed by atoms with Gasteiger partial charge < -0.3 is 10.1 Å². The molecule has 0 aliphatic heterocycles.